The average Bonchev–Trinajstić information content (AvgIpc) is 2.97. The van der Waals surface area contributed by atoms with E-state index in [9.17, 15) is 9.59 Å². The van der Waals surface area contributed by atoms with Crippen molar-refractivity contribution in [3.05, 3.63) is 35.7 Å². The van der Waals surface area contributed by atoms with Gasteiger partial charge in [0, 0.05) is 31.0 Å². The summed E-state index contributed by atoms with van der Waals surface area (Å²) in [5, 5.41) is 19.0. The summed E-state index contributed by atoms with van der Waals surface area (Å²) in [6, 6.07) is 6.92. The summed E-state index contributed by atoms with van der Waals surface area (Å²) in [7, 11) is 0. The number of unbranched alkanes of at least 4 members (excludes halogenated alkanes) is 2. The fraction of sp³-hybridized carbons (Fsp3) is 0.375. The lowest BCUT2D eigenvalue weighted by Crippen LogP contribution is -2.24. The standard InChI is InChI=1S/C16H19N3O4/c1-11-18-19-16(23-11)13-8-6-12(7-9-13)15(22)17-10-4-2-3-5-14(20)21/h6-9H,2-5,10H2,1H3,(H,17,22)(H,20,21). The summed E-state index contributed by atoms with van der Waals surface area (Å²) >= 11 is 0. The summed E-state index contributed by atoms with van der Waals surface area (Å²) in [5.41, 5.74) is 1.31. The Bertz CT molecular complexity index is 664. The van der Waals surface area contributed by atoms with Gasteiger partial charge in [-0.05, 0) is 37.1 Å². The van der Waals surface area contributed by atoms with Crippen LogP contribution in [0.4, 0.5) is 0 Å². The summed E-state index contributed by atoms with van der Waals surface area (Å²) in [6.45, 7) is 2.25. The lowest BCUT2D eigenvalue weighted by atomic mass is 10.1. The van der Waals surface area contributed by atoms with Gasteiger partial charge in [-0.3, -0.25) is 9.59 Å². The van der Waals surface area contributed by atoms with Gasteiger partial charge in [-0.1, -0.05) is 6.42 Å². The zero-order chi connectivity index (χ0) is 16.7. The Labute approximate surface area is 133 Å². The van der Waals surface area contributed by atoms with Crippen LogP contribution in [0.25, 0.3) is 11.5 Å². The van der Waals surface area contributed by atoms with Crippen LogP contribution in [0.3, 0.4) is 0 Å². The Kier molecular flexibility index (Phi) is 5.85. The topological polar surface area (TPSA) is 105 Å². The van der Waals surface area contributed by atoms with Gasteiger partial charge in [-0.15, -0.1) is 10.2 Å². The molecule has 0 aliphatic carbocycles. The van der Waals surface area contributed by atoms with Crippen molar-refractivity contribution in [2.24, 2.45) is 0 Å². The van der Waals surface area contributed by atoms with Crippen LogP contribution in [0.1, 0.15) is 41.9 Å². The molecule has 1 amide bonds. The maximum absolute atomic E-state index is 12.0. The number of amides is 1. The molecule has 1 aromatic heterocycles. The smallest absolute Gasteiger partial charge is 0.303 e. The highest BCUT2D eigenvalue weighted by Crippen LogP contribution is 2.18. The molecular weight excluding hydrogens is 298 g/mol. The fourth-order valence-corrected chi connectivity index (χ4v) is 2.06. The lowest BCUT2D eigenvalue weighted by Gasteiger charge is -2.05. The van der Waals surface area contributed by atoms with Gasteiger partial charge in [0.05, 0.1) is 0 Å². The first kappa shape index (κ1) is 16.7. The monoisotopic (exact) mass is 317 g/mol. The average molecular weight is 317 g/mol. The highest BCUT2D eigenvalue weighted by atomic mass is 16.4. The molecule has 0 atom stereocenters. The first-order valence-corrected chi connectivity index (χ1v) is 7.47. The van der Waals surface area contributed by atoms with Gasteiger partial charge < -0.3 is 14.8 Å². The SMILES string of the molecule is Cc1nnc(-c2ccc(C(=O)NCCCCCC(=O)O)cc2)o1. The molecule has 0 bridgehead atoms. The molecule has 0 aliphatic rings. The van der Waals surface area contributed by atoms with Crippen LogP contribution in [0, 0.1) is 6.92 Å². The zero-order valence-electron chi connectivity index (χ0n) is 12.9. The summed E-state index contributed by atoms with van der Waals surface area (Å²) in [4.78, 5) is 22.4. The number of hydrogen-bond acceptors (Lipinski definition) is 5. The van der Waals surface area contributed by atoms with Crippen molar-refractivity contribution in [3.8, 4) is 11.5 Å². The van der Waals surface area contributed by atoms with Crippen molar-refractivity contribution < 1.29 is 19.1 Å². The Morgan fingerprint density at radius 3 is 2.48 bits per heavy atom. The number of aliphatic carboxylic acids is 1. The van der Waals surface area contributed by atoms with Crippen LogP contribution >= 0.6 is 0 Å². The second kappa shape index (κ2) is 8.07. The van der Waals surface area contributed by atoms with Crippen molar-refractivity contribution in [2.75, 3.05) is 6.54 Å². The number of benzene rings is 1. The molecule has 1 aromatic carbocycles. The lowest BCUT2D eigenvalue weighted by molar-refractivity contribution is -0.137. The maximum Gasteiger partial charge on any atom is 0.303 e. The van der Waals surface area contributed by atoms with Crippen LogP contribution in [0.5, 0.6) is 0 Å². The van der Waals surface area contributed by atoms with E-state index in [0.717, 1.165) is 18.4 Å². The molecule has 0 unspecified atom stereocenters. The fourth-order valence-electron chi connectivity index (χ4n) is 2.06. The first-order chi connectivity index (χ1) is 11.1. The molecule has 122 valence electrons. The van der Waals surface area contributed by atoms with Gasteiger partial charge in [0.2, 0.25) is 11.8 Å². The van der Waals surface area contributed by atoms with Gasteiger partial charge in [-0.2, -0.15) is 0 Å². The van der Waals surface area contributed by atoms with Gasteiger partial charge in [0.25, 0.3) is 5.91 Å². The predicted octanol–water partition coefficient (Wildman–Crippen LogP) is 2.42. The van der Waals surface area contributed by atoms with Crippen LogP contribution < -0.4 is 5.32 Å². The molecule has 1 heterocycles. The van der Waals surface area contributed by atoms with Crippen molar-refractivity contribution in [1.82, 2.24) is 15.5 Å². The van der Waals surface area contributed by atoms with Crippen molar-refractivity contribution in [3.63, 3.8) is 0 Å². The molecule has 23 heavy (non-hydrogen) atoms. The molecule has 0 fully saturated rings. The Morgan fingerprint density at radius 1 is 1.13 bits per heavy atom. The van der Waals surface area contributed by atoms with Crippen LogP contribution in [-0.4, -0.2) is 33.7 Å². The summed E-state index contributed by atoms with van der Waals surface area (Å²) < 4.78 is 5.32. The number of carbonyl (C=O) groups excluding carboxylic acids is 1. The minimum absolute atomic E-state index is 0.156. The third-order valence-corrected chi connectivity index (χ3v) is 3.27. The summed E-state index contributed by atoms with van der Waals surface area (Å²) in [6.07, 6.45) is 2.34. The number of aryl methyl sites for hydroxylation is 1. The van der Waals surface area contributed by atoms with Gasteiger partial charge in [0.15, 0.2) is 0 Å². The second-order valence-corrected chi connectivity index (χ2v) is 5.16. The molecule has 7 heteroatoms. The van der Waals surface area contributed by atoms with Gasteiger partial charge in [-0.25, -0.2) is 0 Å². The van der Waals surface area contributed by atoms with Crippen LogP contribution in [-0.2, 0) is 4.79 Å². The van der Waals surface area contributed by atoms with E-state index in [0.29, 0.717) is 30.3 Å². The predicted molar refractivity (Wildman–Crippen MR) is 82.9 cm³/mol. The number of carboxylic acid groups (broad SMARTS) is 1. The largest absolute Gasteiger partial charge is 0.481 e. The number of aromatic nitrogens is 2. The highest BCUT2D eigenvalue weighted by molar-refractivity contribution is 5.94. The molecule has 0 saturated heterocycles. The van der Waals surface area contributed by atoms with Crippen molar-refractivity contribution in [1.29, 1.82) is 0 Å². The number of nitrogens with zero attached hydrogens (tertiary/aromatic N) is 2. The molecule has 2 rings (SSSR count). The molecule has 0 saturated carbocycles. The third-order valence-electron chi connectivity index (χ3n) is 3.27. The van der Waals surface area contributed by atoms with E-state index in [1.165, 1.54) is 0 Å². The molecule has 7 nitrogen and oxygen atoms in total. The molecular formula is C16H19N3O4. The number of carboxylic acids is 1. The molecule has 2 aromatic rings. The van der Waals surface area contributed by atoms with E-state index in [2.05, 4.69) is 15.5 Å². The van der Waals surface area contributed by atoms with Crippen LogP contribution in [0.2, 0.25) is 0 Å². The zero-order valence-corrected chi connectivity index (χ0v) is 12.9. The number of rotatable bonds is 8. The quantitative estimate of drug-likeness (QED) is 0.724. The second-order valence-electron chi connectivity index (χ2n) is 5.16. The Hall–Kier alpha value is -2.70. The first-order valence-electron chi connectivity index (χ1n) is 7.47. The maximum atomic E-state index is 12.0. The molecule has 0 aliphatic heterocycles. The van der Waals surface area contributed by atoms with Crippen molar-refractivity contribution in [2.45, 2.75) is 32.6 Å². The minimum atomic E-state index is -0.787. The summed E-state index contributed by atoms with van der Waals surface area (Å²) in [5.74, 6) is -0.0281. The highest BCUT2D eigenvalue weighted by Gasteiger charge is 2.08. The minimum Gasteiger partial charge on any atom is -0.481 e. The number of nitrogens with one attached hydrogen (secondary N) is 1. The van der Waals surface area contributed by atoms with E-state index in [1.807, 2.05) is 0 Å². The van der Waals surface area contributed by atoms with E-state index < -0.39 is 5.97 Å². The Balaban J connectivity index is 1.78. The molecule has 0 radical (unpaired) electrons. The van der Waals surface area contributed by atoms with Crippen LogP contribution in [0.15, 0.2) is 28.7 Å². The normalized spacial score (nSPS) is 10.5. The van der Waals surface area contributed by atoms with E-state index in [1.54, 1.807) is 31.2 Å². The van der Waals surface area contributed by atoms with Gasteiger partial charge in [0.1, 0.15) is 0 Å². The van der Waals surface area contributed by atoms with E-state index in [-0.39, 0.29) is 12.3 Å². The van der Waals surface area contributed by atoms with Crippen molar-refractivity contribution >= 4 is 11.9 Å². The molecule has 2 N–H and O–H groups in total. The molecule has 0 spiro atoms. The number of carbonyl (C=O) groups is 2. The van der Waals surface area contributed by atoms with Gasteiger partial charge >= 0.3 is 5.97 Å². The van der Waals surface area contributed by atoms with E-state index in [4.69, 9.17) is 9.52 Å². The third kappa shape index (κ3) is 5.21. The Morgan fingerprint density at radius 2 is 1.87 bits per heavy atom. The number of hydrogen-bond donors (Lipinski definition) is 2. The van der Waals surface area contributed by atoms with E-state index >= 15 is 0 Å².